The molecule has 0 aromatic carbocycles. The molecule has 0 fully saturated rings. The minimum absolute atomic E-state index is 0.0335. The van der Waals surface area contributed by atoms with E-state index in [1.54, 1.807) is 6.92 Å². The lowest BCUT2D eigenvalue weighted by atomic mass is 10.4. The van der Waals surface area contributed by atoms with Crippen LogP contribution in [0.4, 0.5) is 20.5 Å². The summed E-state index contributed by atoms with van der Waals surface area (Å²) < 4.78 is 61.2. The highest BCUT2D eigenvalue weighted by Crippen LogP contribution is 2.26. The van der Waals surface area contributed by atoms with Gasteiger partial charge in [-0.05, 0) is 18.5 Å². The van der Waals surface area contributed by atoms with E-state index in [-0.39, 0.29) is 24.9 Å². The zero-order valence-corrected chi connectivity index (χ0v) is 10.1. The molecule has 0 bridgehead atoms. The average molecular weight is 250 g/mol. The molecule has 0 radical (unpaired) electrons. The Morgan fingerprint density at radius 3 is 1.71 bits per heavy atom. The van der Waals surface area contributed by atoms with Gasteiger partial charge in [0.15, 0.2) is 0 Å². The lowest BCUT2D eigenvalue weighted by Crippen LogP contribution is -2.21. The largest absolute Gasteiger partial charge is 0.616 e. The van der Waals surface area contributed by atoms with Crippen LogP contribution in [0.5, 0.6) is 0 Å². The van der Waals surface area contributed by atoms with Crippen molar-refractivity contribution in [1.82, 2.24) is 0 Å². The predicted octanol–water partition coefficient (Wildman–Crippen LogP) is 4.41. The highest BCUT2D eigenvalue weighted by Gasteiger charge is 2.37. The highest BCUT2D eigenvalue weighted by molar-refractivity contribution is 6.66. The van der Waals surface area contributed by atoms with E-state index in [0.717, 1.165) is 0 Å². The molecule has 14 heavy (non-hydrogen) atoms. The lowest BCUT2D eigenvalue weighted by molar-refractivity contribution is 0.461. The van der Waals surface area contributed by atoms with E-state index in [4.69, 9.17) is 0 Å². The maximum absolute atomic E-state index is 12.9. The Bertz CT molecular complexity index is 157. The molecular weight excluding hydrogens is 235 g/mol. The molecule has 0 aliphatic heterocycles. The Kier molecular flexibility index (Phi) is 5.88. The van der Waals surface area contributed by atoms with Crippen LogP contribution in [0, 0.1) is 0 Å². The van der Waals surface area contributed by atoms with Crippen molar-refractivity contribution in [3.63, 3.8) is 0 Å². The molecule has 0 aromatic rings. The quantitative estimate of drug-likeness (QED) is 0.272. The first-order chi connectivity index (χ1) is 6.27. The lowest BCUT2D eigenvalue weighted by Gasteiger charge is -2.11. The van der Waals surface area contributed by atoms with Crippen molar-refractivity contribution in [2.24, 2.45) is 0 Å². The Labute approximate surface area is 83.4 Å². The third-order valence-electron chi connectivity index (χ3n) is 1.87. The number of unbranched alkanes of at least 4 members (excludes halogenated alkanes) is 1. The van der Waals surface area contributed by atoms with E-state index in [1.807, 2.05) is 0 Å². The van der Waals surface area contributed by atoms with Gasteiger partial charge in [-0.3, -0.25) is 8.22 Å². The van der Waals surface area contributed by atoms with Crippen molar-refractivity contribution in [2.75, 3.05) is 0 Å². The fraction of sp³-hybridized carbons (Fsp3) is 1.00. The normalized spacial score (nSPS) is 13.3. The van der Waals surface area contributed by atoms with Crippen LogP contribution >= 0.6 is 0 Å². The number of hydrogen-bond donors (Lipinski definition) is 0. The maximum Gasteiger partial charge on any atom is 0.616 e. The van der Waals surface area contributed by atoms with Crippen LogP contribution in [-0.4, -0.2) is 17.8 Å². The van der Waals surface area contributed by atoms with Gasteiger partial charge in [0.2, 0.25) is 0 Å². The van der Waals surface area contributed by atoms with E-state index >= 15 is 0 Å². The van der Waals surface area contributed by atoms with E-state index < -0.39 is 23.9 Å². The minimum Gasteiger partial charge on any atom is -0.270 e. The summed E-state index contributed by atoms with van der Waals surface area (Å²) >= 11 is 0. The monoisotopic (exact) mass is 250 g/mol. The van der Waals surface area contributed by atoms with E-state index in [2.05, 4.69) is 0 Å². The van der Waals surface area contributed by atoms with Gasteiger partial charge in [-0.1, -0.05) is 19.8 Å². The second-order valence-corrected chi connectivity index (χ2v) is 7.87. The minimum atomic E-state index is -5.50. The molecule has 0 amide bonds. The molecule has 0 N–H and O–H groups in total. The second kappa shape index (κ2) is 5.84. The topological polar surface area (TPSA) is 0 Å². The van der Waals surface area contributed by atoms with Gasteiger partial charge >= 0.3 is 17.8 Å². The van der Waals surface area contributed by atoms with Crippen LogP contribution in [0.3, 0.4) is 0 Å². The molecule has 0 aliphatic rings. The zero-order valence-electron chi connectivity index (χ0n) is 8.13. The third-order valence-corrected chi connectivity index (χ3v) is 5.11. The summed E-state index contributed by atoms with van der Waals surface area (Å²) in [5, 5.41) is 0. The number of rotatable bonds is 7. The molecule has 7 heteroatoms. The van der Waals surface area contributed by atoms with Crippen molar-refractivity contribution in [3.8, 4) is 0 Å². The summed E-state index contributed by atoms with van der Waals surface area (Å²) in [6.45, 7) is 1.67. The standard InChI is InChI=1S/C7H15F5Si2/c1-2-5-13(8,9)6-3-4-7-14(10,11)12/h2-7H2,1H3. The van der Waals surface area contributed by atoms with Crippen molar-refractivity contribution < 1.29 is 20.5 Å². The number of hydrogen-bond acceptors (Lipinski definition) is 0. The zero-order chi connectivity index (χ0) is 11.2. The van der Waals surface area contributed by atoms with Gasteiger partial charge in [0.05, 0.1) is 0 Å². The van der Waals surface area contributed by atoms with Crippen molar-refractivity contribution in [1.29, 1.82) is 0 Å². The van der Waals surface area contributed by atoms with Gasteiger partial charge in [-0.15, -0.1) is 0 Å². The number of halogens is 5. The summed E-state index contributed by atoms with van der Waals surface area (Å²) in [6.07, 6.45) is 0.348. The SMILES string of the molecule is CCC[Si](F)(F)CCCC[Si](F)(F)F. The highest BCUT2D eigenvalue weighted by atomic mass is 28.5. The molecule has 0 rings (SSSR count). The third kappa shape index (κ3) is 8.67. The van der Waals surface area contributed by atoms with Gasteiger partial charge in [0.25, 0.3) is 0 Å². The predicted molar refractivity (Wildman–Crippen MR) is 51.0 cm³/mol. The maximum atomic E-state index is 12.9. The van der Waals surface area contributed by atoms with E-state index in [1.165, 1.54) is 0 Å². The molecule has 0 aliphatic carbocycles. The van der Waals surface area contributed by atoms with E-state index in [9.17, 15) is 20.5 Å². The van der Waals surface area contributed by atoms with Gasteiger partial charge in [0, 0.05) is 6.04 Å². The molecule has 86 valence electrons. The van der Waals surface area contributed by atoms with Gasteiger partial charge in [-0.2, -0.15) is 0 Å². The summed E-state index contributed by atoms with van der Waals surface area (Å²) in [6, 6.07) is -1.16. The molecule has 0 aromatic heterocycles. The van der Waals surface area contributed by atoms with Gasteiger partial charge in [0.1, 0.15) is 0 Å². The summed E-state index contributed by atoms with van der Waals surface area (Å²) in [7, 11) is -9.65. The molecule has 0 spiro atoms. The Morgan fingerprint density at radius 2 is 1.29 bits per heavy atom. The fourth-order valence-corrected chi connectivity index (χ4v) is 3.60. The average Bonchev–Trinajstić information content (AvgIpc) is 1.96. The first-order valence-corrected chi connectivity index (χ1v) is 8.72. The van der Waals surface area contributed by atoms with Crippen LogP contribution in [0.1, 0.15) is 26.2 Å². The molecule has 0 saturated heterocycles. The van der Waals surface area contributed by atoms with Crippen LogP contribution in [0.2, 0.25) is 18.1 Å². The molecule has 0 nitrogen and oxygen atoms in total. The van der Waals surface area contributed by atoms with Crippen molar-refractivity contribution >= 4 is 17.8 Å². The summed E-state index contributed by atoms with van der Waals surface area (Å²) in [4.78, 5) is 0. The van der Waals surface area contributed by atoms with Crippen LogP contribution < -0.4 is 0 Å². The Morgan fingerprint density at radius 1 is 0.786 bits per heavy atom. The van der Waals surface area contributed by atoms with Crippen molar-refractivity contribution in [2.45, 2.75) is 44.3 Å². The van der Waals surface area contributed by atoms with Crippen LogP contribution in [0.15, 0.2) is 0 Å². The Hall–Kier alpha value is 0.0838. The molecule has 0 heterocycles. The van der Waals surface area contributed by atoms with Gasteiger partial charge in [-0.25, -0.2) is 12.3 Å². The summed E-state index contributed by atoms with van der Waals surface area (Å²) in [5.74, 6) is 0. The second-order valence-electron chi connectivity index (χ2n) is 3.43. The first kappa shape index (κ1) is 14.1. The smallest absolute Gasteiger partial charge is 0.270 e. The first-order valence-electron chi connectivity index (χ1n) is 4.71. The Balaban J connectivity index is 3.54. The van der Waals surface area contributed by atoms with Crippen LogP contribution in [-0.2, 0) is 0 Å². The molecule has 0 unspecified atom stereocenters. The summed E-state index contributed by atoms with van der Waals surface area (Å²) in [5.41, 5.74) is 0. The van der Waals surface area contributed by atoms with Crippen LogP contribution in [0.25, 0.3) is 0 Å². The van der Waals surface area contributed by atoms with Crippen molar-refractivity contribution in [3.05, 3.63) is 0 Å². The molecule has 0 atom stereocenters. The fourth-order valence-electron chi connectivity index (χ4n) is 1.20. The van der Waals surface area contributed by atoms with E-state index in [0.29, 0.717) is 6.42 Å². The van der Waals surface area contributed by atoms with Gasteiger partial charge < -0.3 is 0 Å². The molecule has 0 saturated carbocycles. The molecular formula is C7H15F5Si2.